The molecular weight excluding hydrogens is 286 g/mol. The number of aryl methyl sites for hydroxylation is 3. The Morgan fingerprint density at radius 2 is 2.29 bits per heavy atom. The minimum Gasteiger partial charge on any atom is -0.485 e. The van der Waals surface area contributed by atoms with E-state index in [-0.39, 0.29) is 0 Å². The number of halogens is 1. The van der Waals surface area contributed by atoms with Crippen molar-refractivity contribution in [2.45, 2.75) is 39.8 Å². The van der Waals surface area contributed by atoms with Crippen molar-refractivity contribution in [1.29, 1.82) is 0 Å². The Labute approximate surface area is 130 Å². The maximum Gasteiger partial charge on any atom is 0.143 e. The molecule has 5 heteroatoms. The predicted octanol–water partition coefficient (Wildman–Crippen LogP) is 3.80. The van der Waals surface area contributed by atoms with Gasteiger partial charge in [-0.05, 0) is 38.3 Å². The Balaban J connectivity index is 1.83. The molecule has 1 aromatic carbocycles. The highest BCUT2D eigenvalue weighted by atomic mass is 35.5. The van der Waals surface area contributed by atoms with Gasteiger partial charge in [-0.2, -0.15) is 5.10 Å². The van der Waals surface area contributed by atoms with Gasteiger partial charge >= 0.3 is 0 Å². The number of aromatic nitrogens is 2. The van der Waals surface area contributed by atoms with Crippen LogP contribution in [0.3, 0.4) is 0 Å². The Hall–Kier alpha value is -1.68. The zero-order chi connectivity index (χ0) is 14.8. The first-order valence-electron chi connectivity index (χ1n) is 7.41. The first kappa shape index (κ1) is 14.3. The van der Waals surface area contributed by atoms with Gasteiger partial charge in [-0.25, -0.2) is 0 Å². The standard InChI is InChI=1S/C16H20ClN3O/c1-3-20-13(15(17)11(2)19-20)10-21-14-8-4-6-12-7-5-9-18-16(12)14/h4,6,8,18H,3,5,7,9-10H2,1-2H3. The summed E-state index contributed by atoms with van der Waals surface area (Å²) in [5.74, 6) is 0.893. The summed E-state index contributed by atoms with van der Waals surface area (Å²) in [7, 11) is 0. The number of para-hydroxylation sites is 1. The predicted molar refractivity (Wildman–Crippen MR) is 85.2 cm³/mol. The summed E-state index contributed by atoms with van der Waals surface area (Å²) in [5, 5.41) is 8.56. The van der Waals surface area contributed by atoms with Crippen molar-refractivity contribution < 1.29 is 4.74 Å². The van der Waals surface area contributed by atoms with Gasteiger partial charge in [0.2, 0.25) is 0 Å². The molecule has 0 aliphatic carbocycles. The maximum atomic E-state index is 6.32. The van der Waals surface area contributed by atoms with Gasteiger partial charge < -0.3 is 10.1 Å². The van der Waals surface area contributed by atoms with Gasteiger partial charge in [0.15, 0.2) is 0 Å². The van der Waals surface area contributed by atoms with Crippen LogP contribution in [0.5, 0.6) is 5.75 Å². The van der Waals surface area contributed by atoms with E-state index in [1.54, 1.807) is 0 Å². The molecule has 0 unspecified atom stereocenters. The summed E-state index contributed by atoms with van der Waals surface area (Å²) in [6, 6.07) is 6.21. The number of ether oxygens (including phenoxy) is 1. The smallest absolute Gasteiger partial charge is 0.143 e. The van der Waals surface area contributed by atoms with Gasteiger partial charge in [0.1, 0.15) is 12.4 Å². The highest BCUT2D eigenvalue weighted by Crippen LogP contribution is 2.33. The monoisotopic (exact) mass is 305 g/mol. The van der Waals surface area contributed by atoms with Crippen molar-refractivity contribution in [2.24, 2.45) is 0 Å². The van der Waals surface area contributed by atoms with E-state index in [0.717, 1.165) is 42.3 Å². The van der Waals surface area contributed by atoms with Gasteiger partial charge in [0, 0.05) is 13.1 Å². The van der Waals surface area contributed by atoms with Crippen molar-refractivity contribution in [1.82, 2.24) is 9.78 Å². The normalized spacial score (nSPS) is 13.7. The van der Waals surface area contributed by atoms with Crippen LogP contribution in [0.2, 0.25) is 5.02 Å². The molecule has 0 saturated heterocycles. The van der Waals surface area contributed by atoms with Crippen LogP contribution in [0.25, 0.3) is 0 Å². The molecule has 0 bridgehead atoms. The van der Waals surface area contributed by atoms with E-state index >= 15 is 0 Å². The van der Waals surface area contributed by atoms with E-state index in [1.165, 1.54) is 12.0 Å². The third-order valence-electron chi connectivity index (χ3n) is 3.85. The number of hydrogen-bond donors (Lipinski definition) is 1. The Kier molecular flexibility index (Phi) is 4.06. The molecule has 0 spiro atoms. The molecule has 1 aliphatic rings. The molecular formula is C16H20ClN3O. The van der Waals surface area contributed by atoms with E-state index in [4.69, 9.17) is 16.3 Å². The van der Waals surface area contributed by atoms with Gasteiger partial charge in [-0.15, -0.1) is 0 Å². The fourth-order valence-corrected chi connectivity index (χ4v) is 2.94. The highest BCUT2D eigenvalue weighted by molar-refractivity contribution is 6.31. The van der Waals surface area contributed by atoms with E-state index in [1.807, 2.05) is 23.7 Å². The van der Waals surface area contributed by atoms with Crippen LogP contribution < -0.4 is 10.1 Å². The van der Waals surface area contributed by atoms with E-state index in [0.29, 0.717) is 11.6 Å². The Bertz CT molecular complexity index is 651. The third kappa shape index (κ3) is 2.72. The maximum absolute atomic E-state index is 6.32. The van der Waals surface area contributed by atoms with Gasteiger partial charge in [0.05, 0.1) is 22.1 Å². The summed E-state index contributed by atoms with van der Waals surface area (Å²) >= 11 is 6.32. The molecule has 1 N–H and O–H groups in total. The number of anilines is 1. The second-order valence-electron chi connectivity index (χ2n) is 5.27. The fourth-order valence-electron chi connectivity index (χ4n) is 2.75. The molecule has 2 aromatic rings. The van der Waals surface area contributed by atoms with Gasteiger partial charge in [-0.1, -0.05) is 23.7 Å². The number of hydrogen-bond acceptors (Lipinski definition) is 3. The second kappa shape index (κ2) is 5.98. The summed E-state index contributed by atoms with van der Waals surface area (Å²) in [5.41, 5.74) is 4.24. The van der Waals surface area contributed by atoms with Gasteiger partial charge in [-0.3, -0.25) is 4.68 Å². The molecule has 0 fully saturated rings. The molecule has 21 heavy (non-hydrogen) atoms. The lowest BCUT2D eigenvalue weighted by Gasteiger charge is -2.21. The fraction of sp³-hybridized carbons (Fsp3) is 0.438. The number of nitrogens with zero attached hydrogens (tertiary/aromatic N) is 2. The Morgan fingerprint density at radius 3 is 3.10 bits per heavy atom. The molecule has 1 aromatic heterocycles. The van der Waals surface area contributed by atoms with Crippen molar-refractivity contribution in [3.8, 4) is 5.75 Å². The molecule has 112 valence electrons. The lowest BCUT2D eigenvalue weighted by Crippen LogP contribution is -2.13. The van der Waals surface area contributed by atoms with Crippen molar-refractivity contribution in [3.05, 3.63) is 40.2 Å². The summed E-state index contributed by atoms with van der Waals surface area (Å²) < 4.78 is 7.92. The number of nitrogens with one attached hydrogen (secondary N) is 1. The van der Waals surface area contributed by atoms with Crippen LogP contribution in [0.1, 0.15) is 30.3 Å². The van der Waals surface area contributed by atoms with Crippen LogP contribution in [-0.4, -0.2) is 16.3 Å². The first-order valence-corrected chi connectivity index (χ1v) is 7.78. The molecule has 3 rings (SSSR count). The number of rotatable bonds is 4. The van der Waals surface area contributed by atoms with Crippen LogP contribution in [-0.2, 0) is 19.6 Å². The van der Waals surface area contributed by atoms with E-state index in [2.05, 4.69) is 23.4 Å². The van der Waals surface area contributed by atoms with E-state index < -0.39 is 0 Å². The van der Waals surface area contributed by atoms with Gasteiger partial charge in [0.25, 0.3) is 0 Å². The summed E-state index contributed by atoms with van der Waals surface area (Å²) in [4.78, 5) is 0. The largest absolute Gasteiger partial charge is 0.485 e. The highest BCUT2D eigenvalue weighted by Gasteiger charge is 2.16. The second-order valence-corrected chi connectivity index (χ2v) is 5.65. The van der Waals surface area contributed by atoms with Crippen LogP contribution >= 0.6 is 11.6 Å². The van der Waals surface area contributed by atoms with Crippen molar-refractivity contribution in [3.63, 3.8) is 0 Å². The lowest BCUT2D eigenvalue weighted by atomic mass is 10.0. The molecule has 0 amide bonds. The number of benzene rings is 1. The topological polar surface area (TPSA) is 39.1 Å². The first-order chi connectivity index (χ1) is 10.2. The molecule has 2 heterocycles. The zero-order valence-corrected chi connectivity index (χ0v) is 13.2. The number of fused-ring (bicyclic) bond motifs is 1. The average Bonchev–Trinajstić information content (AvgIpc) is 2.80. The van der Waals surface area contributed by atoms with Crippen LogP contribution in [0.15, 0.2) is 18.2 Å². The quantitative estimate of drug-likeness (QED) is 0.934. The van der Waals surface area contributed by atoms with Crippen molar-refractivity contribution in [2.75, 3.05) is 11.9 Å². The molecule has 0 atom stereocenters. The minimum absolute atomic E-state index is 0.436. The van der Waals surface area contributed by atoms with Crippen LogP contribution in [0, 0.1) is 6.92 Å². The SMILES string of the molecule is CCn1nc(C)c(Cl)c1COc1cccc2c1NCCC2. The minimum atomic E-state index is 0.436. The Morgan fingerprint density at radius 1 is 1.43 bits per heavy atom. The zero-order valence-electron chi connectivity index (χ0n) is 12.4. The van der Waals surface area contributed by atoms with E-state index in [9.17, 15) is 0 Å². The summed E-state index contributed by atoms with van der Waals surface area (Å²) in [6.07, 6.45) is 2.27. The lowest BCUT2D eigenvalue weighted by molar-refractivity contribution is 0.293. The van der Waals surface area contributed by atoms with Crippen molar-refractivity contribution >= 4 is 17.3 Å². The average molecular weight is 306 g/mol. The molecule has 4 nitrogen and oxygen atoms in total. The molecule has 0 radical (unpaired) electrons. The van der Waals surface area contributed by atoms with Crippen LogP contribution in [0.4, 0.5) is 5.69 Å². The molecule has 0 saturated carbocycles. The molecule has 1 aliphatic heterocycles. The third-order valence-corrected chi connectivity index (χ3v) is 4.35. The summed E-state index contributed by atoms with van der Waals surface area (Å²) in [6.45, 7) is 6.20.